The van der Waals surface area contributed by atoms with Gasteiger partial charge in [0, 0.05) is 61.9 Å². The van der Waals surface area contributed by atoms with E-state index in [1.54, 1.807) is 0 Å². The van der Waals surface area contributed by atoms with Gasteiger partial charge in [0.15, 0.2) is 0 Å². The first kappa shape index (κ1) is 28.1. The summed E-state index contributed by atoms with van der Waals surface area (Å²) >= 11 is 1.96. The molecule has 2 saturated carbocycles. The summed E-state index contributed by atoms with van der Waals surface area (Å²) in [6, 6.07) is 7.67. The molecule has 7 rings (SSSR count). The topological polar surface area (TPSA) is 61.0 Å². The highest BCUT2D eigenvalue weighted by molar-refractivity contribution is 7.98. The monoisotopic (exact) mass is 569 g/mol. The maximum Gasteiger partial charge on any atom is 0.123 e. The van der Waals surface area contributed by atoms with E-state index in [2.05, 4.69) is 57.2 Å². The number of ether oxygens (including phenoxy) is 2. The quantitative estimate of drug-likeness (QED) is 0.456. The van der Waals surface area contributed by atoms with E-state index in [1.807, 2.05) is 11.9 Å². The van der Waals surface area contributed by atoms with Crippen LogP contribution in [0.25, 0.3) is 0 Å². The molecular weight excluding hydrogens is 518 g/mol. The van der Waals surface area contributed by atoms with Gasteiger partial charge in [-0.15, -0.1) is 0 Å². The van der Waals surface area contributed by atoms with Gasteiger partial charge in [-0.2, -0.15) is 0 Å². The lowest BCUT2D eigenvalue weighted by Crippen LogP contribution is -2.62. The third kappa shape index (κ3) is 6.16. The molecule has 0 amide bonds. The molecule has 7 atom stereocenters. The third-order valence-electron chi connectivity index (χ3n) is 11.0. The second-order valence-electron chi connectivity index (χ2n) is 14.0. The standard InChI is InChI=1S/C32H51N5O2S/c1-22-5-3-6-23(2)30(22)28-16-29-34-31(33-28)35-40-27-8-4-7-24(15-27)17-36-13-14-37(19-26(18-36)39-29)25-9-11-32(12-10-25)20-38-21-32/h3,5-6,24-29,31,33-35H,4,7-21H2,1-2H3/t24?,26-,27?,28?,29?,31?/m1/s1. The minimum absolute atomic E-state index is 0.0250. The molecule has 3 N–H and O–H groups in total. The van der Waals surface area contributed by atoms with Gasteiger partial charge in [-0.1, -0.05) is 36.6 Å². The van der Waals surface area contributed by atoms with E-state index in [-0.39, 0.29) is 24.7 Å². The maximum absolute atomic E-state index is 7.12. The first-order valence-corrected chi connectivity index (χ1v) is 17.1. The van der Waals surface area contributed by atoms with Crippen molar-refractivity contribution in [1.29, 1.82) is 0 Å². The molecule has 6 aliphatic rings. The first-order chi connectivity index (χ1) is 19.5. The highest BCUT2D eigenvalue weighted by atomic mass is 32.2. The van der Waals surface area contributed by atoms with Crippen molar-refractivity contribution in [3.63, 3.8) is 0 Å². The lowest BCUT2D eigenvalue weighted by atomic mass is 9.71. The molecule has 6 unspecified atom stereocenters. The Labute approximate surface area is 246 Å². The number of rotatable bonds is 2. The lowest BCUT2D eigenvalue weighted by Gasteiger charge is -2.48. The second-order valence-corrected chi connectivity index (χ2v) is 15.1. The Kier molecular flexibility index (Phi) is 8.51. The minimum Gasteiger partial charge on any atom is -0.380 e. The highest BCUT2D eigenvalue weighted by Gasteiger charge is 2.43. The number of nitrogens with zero attached hydrogens (tertiary/aromatic N) is 2. The highest BCUT2D eigenvalue weighted by Crippen LogP contribution is 2.43. The molecule has 4 aliphatic heterocycles. The van der Waals surface area contributed by atoms with Gasteiger partial charge in [-0.05, 0) is 81.4 Å². The Balaban J connectivity index is 1.12. The summed E-state index contributed by atoms with van der Waals surface area (Å²) in [6.45, 7) is 12.2. The van der Waals surface area contributed by atoms with Crippen molar-refractivity contribution in [1.82, 2.24) is 25.2 Å². The predicted octanol–water partition coefficient (Wildman–Crippen LogP) is 4.31. The van der Waals surface area contributed by atoms with Crippen LogP contribution < -0.4 is 15.4 Å². The Morgan fingerprint density at radius 1 is 0.925 bits per heavy atom. The molecule has 4 saturated heterocycles. The van der Waals surface area contributed by atoms with E-state index in [0.717, 1.165) is 38.6 Å². The number of benzene rings is 1. The fraction of sp³-hybridized carbons (Fsp3) is 0.812. The van der Waals surface area contributed by atoms with Crippen LogP contribution in [0.4, 0.5) is 0 Å². The SMILES string of the molecule is Cc1cccc(C)c1C1CC2NC(NSC3CCCC(C3)CN3CCN(C4CCC5(CC4)COC5)C[C@@H](C3)O2)N1. The molecule has 4 heterocycles. The van der Waals surface area contributed by atoms with Gasteiger partial charge < -0.3 is 9.47 Å². The van der Waals surface area contributed by atoms with E-state index in [4.69, 9.17) is 9.47 Å². The summed E-state index contributed by atoms with van der Waals surface area (Å²) < 4.78 is 16.6. The number of aryl methyl sites for hydroxylation is 2. The van der Waals surface area contributed by atoms with Crippen LogP contribution in [0.2, 0.25) is 0 Å². The van der Waals surface area contributed by atoms with Crippen LogP contribution >= 0.6 is 11.9 Å². The van der Waals surface area contributed by atoms with Crippen LogP contribution in [0.3, 0.4) is 0 Å². The zero-order valence-electron chi connectivity index (χ0n) is 24.7. The van der Waals surface area contributed by atoms with Crippen molar-refractivity contribution in [2.75, 3.05) is 45.9 Å². The second kappa shape index (κ2) is 12.1. The van der Waals surface area contributed by atoms with Gasteiger partial charge in [0.25, 0.3) is 0 Å². The summed E-state index contributed by atoms with van der Waals surface area (Å²) in [7, 11) is 0. The van der Waals surface area contributed by atoms with E-state index in [0.29, 0.717) is 16.7 Å². The average molecular weight is 570 g/mol. The Morgan fingerprint density at radius 2 is 1.75 bits per heavy atom. The van der Waals surface area contributed by atoms with Crippen molar-refractivity contribution in [3.05, 3.63) is 34.9 Å². The third-order valence-corrected chi connectivity index (χ3v) is 12.1. The van der Waals surface area contributed by atoms with Crippen LogP contribution in [0.5, 0.6) is 0 Å². The molecule has 6 fully saturated rings. The summed E-state index contributed by atoms with van der Waals surface area (Å²) in [5.74, 6) is 0.803. The zero-order chi connectivity index (χ0) is 27.1. The Bertz CT molecular complexity index is 993. The Morgan fingerprint density at radius 3 is 2.52 bits per heavy atom. The number of hydrogen-bond acceptors (Lipinski definition) is 8. The fourth-order valence-corrected chi connectivity index (χ4v) is 9.82. The number of fused-ring (bicyclic) bond motifs is 6. The van der Waals surface area contributed by atoms with Crippen molar-refractivity contribution >= 4 is 11.9 Å². The maximum atomic E-state index is 7.12. The zero-order valence-corrected chi connectivity index (χ0v) is 25.5. The van der Waals surface area contributed by atoms with E-state index in [9.17, 15) is 0 Å². The molecule has 40 heavy (non-hydrogen) atoms. The molecule has 6 bridgehead atoms. The Hall–Kier alpha value is -0.710. The van der Waals surface area contributed by atoms with E-state index in [1.165, 1.54) is 87.7 Å². The fourth-order valence-electron chi connectivity index (χ4n) is 8.71. The molecule has 222 valence electrons. The molecule has 1 aromatic rings. The van der Waals surface area contributed by atoms with Gasteiger partial charge in [-0.25, -0.2) is 4.72 Å². The summed E-state index contributed by atoms with van der Waals surface area (Å²) in [4.78, 5) is 5.60. The molecule has 1 spiro atoms. The summed E-state index contributed by atoms with van der Waals surface area (Å²) in [5, 5.41) is 8.44. The van der Waals surface area contributed by atoms with Crippen molar-refractivity contribution in [2.24, 2.45) is 11.3 Å². The predicted molar refractivity (Wildman–Crippen MR) is 162 cm³/mol. The van der Waals surface area contributed by atoms with Gasteiger partial charge in [0.05, 0.1) is 19.3 Å². The van der Waals surface area contributed by atoms with Gasteiger partial charge in [0.2, 0.25) is 0 Å². The lowest BCUT2D eigenvalue weighted by molar-refractivity contribution is -0.140. The van der Waals surface area contributed by atoms with Crippen LogP contribution in [0.15, 0.2) is 18.2 Å². The summed E-state index contributed by atoms with van der Waals surface area (Å²) in [5.41, 5.74) is 4.70. The summed E-state index contributed by atoms with van der Waals surface area (Å²) in [6.07, 6.45) is 11.9. The molecule has 2 aliphatic carbocycles. The van der Waals surface area contributed by atoms with E-state index < -0.39 is 0 Å². The molecule has 1 aromatic carbocycles. The van der Waals surface area contributed by atoms with Gasteiger partial charge in [-0.3, -0.25) is 20.4 Å². The van der Waals surface area contributed by atoms with Crippen LogP contribution in [0.1, 0.15) is 80.5 Å². The number of nitrogens with one attached hydrogen (secondary N) is 3. The van der Waals surface area contributed by atoms with Crippen molar-refractivity contribution in [3.8, 4) is 0 Å². The first-order valence-electron chi connectivity index (χ1n) is 16.2. The molecule has 7 nitrogen and oxygen atoms in total. The van der Waals surface area contributed by atoms with Crippen LogP contribution in [0, 0.1) is 25.2 Å². The normalized spacial score (nSPS) is 39.3. The minimum atomic E-state index is 0.0250. The van der Waals surface area contributed by atoms with Gasteiger partial charge >= 0.3 is 0 Å². The molecular formula is C32H51N5O2S. The van der Waals surface area contributed by atoms with Gasteiger partial charge in [0.1, 0.15) is 12.5 Å². The van der Waals surface area contributed by atoms with Crippen LogP contribution in [-0.2, 0) is 9.47 Å². The smallest absolute Gasteiger partial charge is 0.123 e. The molecule has 8 heteroatoms. The van der Waals surface area contributed by atoms with E-state index >= 15 is 0 Å². The number of hydrogen-bond donors (Lipinski definition) is 3. The van der Waals surface area contributed by atoms with Crippen molar-refractivity contribution < 1.29 is 9.47 Å². The largest absolute Gasteiger partial charge is 0.380 e. The van der Waals surface area contributed by atoms with Crippen molar-refractivity contribution in [2.45, 2.75) is 108 Å². The van der Waals surface area contributed by atoms with Crippen LogP contribution in [-0.4, -0.2) is 85.7 Å². The average Bonchev–Trinajstić information content (AvgIpc) is 3.12. The molecule has 0 radical (unpaired) electrons. The molecule has 0 aromatic heterocycles.